The second-order valence-electron chi connectivity index (χ2n) is 7.49. The first-order valence-corrected chi connectivity index (χ1v) is 10.0. The van der Waals surface area contributed by atoms with E-state index in [1.54, 1.807) is 7.11 Å². The molecule has 1 fully saturated rings. The van der Waals surface area contributed by atoms with Crippen molar-refractivity contribution in [2.45, 2.75) is 13.0 Å². The summed E-state index contributed by atoms with van der Waals surface area (Å²) in [5.41, 5.74) is 2.13. The van der Waals surface area contributed by atoms with Crippen LogP contribution in [0.2, 0.25) is 0 Å². The van der Waals surface area contributed by atoms with Gasteiger partial charge in [-0.05, 0) is 36.8 Å². The molecule has 2 heterocycles. The maximum atomic E-state index is 12.6. The summed E-state index contributed by atoms with van der Waals surface area (Å²) in [6.07, 6.45) is 0. The van der Waals surface area contributed by atoms with Gasteiger partial charge in [-0.3, -0.25) is 4.79 Å². The third kappa shape index (κ3) is 4.40. The topological polar surface area (TPSA) is 64.5 Å². The minimum Gasteiger partial charge on any atom is -0.495 e. The second kappa shape index (κ2) is 8.61. The summed E-state index contributed by atoms with van der Waals surface area (Å²) in [7, 11) is 1.70. The van der Waals surface area contributed by atoms with E-state index in [-0.39, 0.29) is 18.7 Å². The Balaban J connectivity index is 1.27. The van der Waals surface area contributed by atoms with Gasteiger partial charge in [-0.25, -0.2) is 0 Å². The average molecular weight is 398 g/mol. The predicted octanol–water partition coefficient (Wildman–Crippen LogP) is 1.01. The highest BCUT2D eigenvalue weighted by Crippen LogP contribution is 2.34. The number of ether oxygens (including phenoxy) is 3. The summed E-state index contributed by atoms with van der Waals surface area (Å²) in [6, 6.07) is 13.8. The molecule has 0 aliphatic carbocycles. The molecule has 0 radical (unpaired) electrons. The Kier molecular flexibility index (Phi) is 5.76. The number of anilines is 1. The lowest BCUT2D eigenvalue weighted by molar-refractivity contribution is -0.892. The first-order valence-electron chi connectivity index (χ1n) is 10.0. The van der Waals surface area contributed by atoms with E-state index in [2.05, 4.69) is 16.3 Å². The third-order valence-corrected chi connectivity index (χ3v) is 5.58. The Morgan fingerprint density at radius 2 is 1.93 bits per heavy atom. The van der Waals surface area contributed by atoms with Crippen LogP contribution >= 0.6 is 0 Å². The quantitative estimate of drug-likeness (QED) is 0.760. The molecule has 1 saturated heterocycles. The van der Waals surface area contributed by atoms with Crippen molar-refractivity contribution in [3.63, 3.8) is 0 Å². The number of hydrogen-bond donors (Lipinski definition) is 2. The summed E-state index contributed by atoms with van der Waals surface area (Å²) in [5, 5.41) is 3.11. The summed E-state index contributed by atoms with van der Waals surface area (Å²) < 4.78 is 16.2. The van der Waals surface area contributed by atoms with Crippen LogP contribution in [-0.4, -0.2) is 52.5 Å². The first-order chi connectivity index (χ1) is 14.1. The molecule has 154 valence electrons. The van der Waals surface area contributed by atoms with E-state index in [9.17, 15) is 4.79 Å². The van der Waals surface area contributed by atoms with Crippen LogP contribution in [0.25, 0.3) is 0 Å². The number of piperazine rings is 1. The Morgan fingerprint density at radius 1 is 1.17 bits per heavy atom. The molecule has 7 heteroatoms. The van der Waals surface area contributed by atoms with Crippen LogP contribution < -0.4 is 29.3 Å². The van der Waals surface area contributed by atoms with Crippen LogP contribution in [0.15, 0.2) is 42.5 Å². The van der Waals surface area contributed by atoms with E-state index >= 15 is 0 Å². The Hall–Kier alpha value is -2.93. The fourth-order valence-corrected chi connectivity index (χ4v) is 3.92. The molecule has 2 aromatic rings. The average Bonchev–Trinajstić information content (AvgIpc) is 3.22. The fourth-order valence-electron chi connectivity index (χ4n) is 3.92. The van der Waals surface area contributed by atoms with Gasteiger partial charge < -0.3 is 29.3 Å². The van der Waals surface area contributed by atoms with Crippen molar-refractivity contribution in [2.24, 2.45) is 0 Å². The molecule has 7 nitrogen and oxygen atoms in total. The van der Waals surface area contributed by atoms with Crippen molar-refractivity contribution < 1.29 is 23.9 Å². The summed E-state index contributed by atoms with van der Waals surface area (Å²) >= 11 is 0. The zero-order chi connectivity index (χ0) is 20.2. The highest BCUT2D eigenvalue weighted by molar-refractivity contribution is 5.77. The number of benzene rings is 2. The molecule has 2 aliphatic rings. The summed E-state index contributed by atoms with van der Waals surface area (Å²) in [4.78, 5) is 16.2. The first kappa shape index (κ1) is 19.4. The Morgan fingerprint density at radius 3 is 2.72 bits per heavy atom. The van der Waals surface area contributed by atoms with E-state index in [0.717, 1.165) is 54.7 Å². The molecule has 2 N–H and O–H groups in total. The smallest absolute Gasteiger partial charge is 0.275 e. The Bertz CT molecular complexity index is 865. The lowest BCUT2D eigenvalue weighted by Gasteiger charge is -2.34. The molecule has 0 unspecified atom stereocenters. The van der Waals surface area contributed by atoms with Gasteiger partial charge in [0, 0.05) is 0 Å². The Labute approximate surface area is 171 Å². The zero-order valence-electron chi connectivity index (χ0n) is 16.9. The lowest BCUT2D eigenvalue weighted by Crippen LogP contribution is -3.15. The highest BCUT2D eigenvalue weighted by atomic mass is 16.7. The van der Waals surface area contributed by atoms with Gasteiger partial charge in [-0.1, -0.05) is 18.2 Å². The number of nitrogens with one attached hydrogen (secondary N) is 2. The van der Waals surface area contributed by atoms with Crippen molar-refractivity contribution >= 4 is 11.6 Å². The number of hydrogen-bond acceptors (Lipinski definition) is 5. The van der Waals surface area contributed by atoms with Crippen LogP contribution in [0.3, 0.4) is 0 Å². The van der Waals surface area contributed by atoms with Crippen molar-refractivity contribution in [1.29, 1.82) is 0 Å². The van der Waals surface area contributed by atoms with Crippen LogP contribution in [0.4, 0.5) is 5.69 Å². The molecular weight excluding hydrogens is 370 g/mol. The predicted molar refractivity (Wildman–Crippen MR) is 110 cm³/mol. The van der Waals surface area contributed by atoms with Crippen molar-refractivity contribution in [2.75, 3.05) is 51.5 Å². The van der Waals surface area contributed by atoms with Crippen molar-refractivity contribution in [3.8, 4) is 17.2 Å². The van der Waals surface area contributed by atoms with Gasteiger partial charge in [-0.15, -0.1) is 0 Å². The molecule has 0 aromatic heterocycles. The van der Waals surface area contributed by atoms with E-state index in [4.69, 9.17) is 14.2 Å². The number of nitrogens with zero attached hydrogens (tertiary/aromatic N) is 1. The van der Waals surface area contributed by atoms with Crippen LogP contribution in [0, 0.1) is 0 Å². The molecule has 1 atom stereocenters. The van der Waals surface area contributed by atoms with E-state index < -0.39 is 0 Å². The monoisotopic (exact) mass is 398 g/mol. The number of rotatable bonds is 6. The normalized spacial score (nSPS) is 17.1. The molecule has 0 bridgehead atoms. The number of para-hydroxylation sites is 2. The zero-order valence-corrected chi connectivity index (χ0v) is 16.9. The summed E-state index contributed by atoms with van der Waals surface area (Å²) in [5.74, 6) is 2.45. The largest absolute Gasteiger partial charge is 0.495 e. The number of methoxy groups -OCH3 is 1. The molecule has 2 aliphatic heterocycles. The highest BCUT2D eigenvalue weighted by Gasteiger charge is 2.25. The van der Waals surface area contributed by atoms with Gasteiger partial charge in [0.15, 0.2) is 18.0 Å². The minimum atomic E-state index is -0.0775. The van der Waals surface area contributed by atoms with Gasteiger partial charge in [-0.2, -0.15) is 0 Å². The molecule has 1 amide bonds. The van der Waals surface area contributed by atoms with E-state index in [0.29, 0.717) is 6.54 Å². The molecule has 0 spiro atoms. The number of quaternary nitrogens is 1. The van der Waals surface area contributed by atoms with E-state index in [1.807, 2.05) is 43.3 Å². The van der Waals surface area contributed by atoms with Crippen molar-refractivity contribution in [1.82, 2.24) is 5.32 Å². The van der Waals surface area contributed by atoms with Gasteiger partial charge in [0.1, 0.15) is 5.75 Å². The molecule has 29 heavy (non-hydrogen) atoms. The minimum absolute atomic E-state index is 0.0657. The fraction of sp³-hybridized carbons (Fsp3) is 0.409. The van der Waals surface area contributed by atoms with Crippen LogP contribution in [-0.2, 0) is 4.79 Å². The maximum Gasteiger partial charge on any atom is 0.275 e. The third-order valence-electron chi connectivity index (χ3n) is 5.58. The van der Waals surface area contributed by atoms with Gasteiger partial charge in [0.25, 0.3) is 5.91 Å². The number of amides is 1. The van der Waals surface area contributed by atoms with Crippen LogP contribution in [0.5, 0.6) is 17.2 Å². The van der Waals surface area contributed by atoms with Crippen LogP contribution in [0.1, 0.15) is 18.5 Å². The van der Waals surface area contributed by atoms with Gasteiger partial charge >= 0.3 is 0 Å². The number of carbonyl (C=O) groups excluding carboxylic acids is 1. The number of carbonyl (C=O) groups is 1. The maximum absolute atomic E-state index is 12.6. The molecule has 4 rings (SSSR count). The lowest BCUT2D eigenvalue weighted by atomic mass is 10.1. The SMILES string of the molecule is COc1ccccc1N1CC[NH+](CC(=O)N[C@@H](C)c2ccc3c(c2)OCO3)CC1. The van der Waals surface area contributed by atoms with Crippen molar-refractivity contribution in [3.05, 3.63) is 48.0 Å². The standard InChI is InChI=1S/C22H27N3O4/c1-16(17-7-8-20-21(13-17)29-15-28-20)23-22(26)14-24-9-11-25(12-10-24)18-5-3-4-6-19(18)27-2/h3-8,13,16H,9-12,14-15H2,1-2H3,(H,23,26)/p+1/t16-/m0/s1. The molecular formula is C22H28N3O4+. The molecule has 2 aromatic carbocycles. The van der Waals surface area contributed by atoms with Gasteiger partial charge in [0.05, 0.1) is 45.0 Å². The second-order valence-corrected chi connectivity index (χ2v) is 7.49. The molecule has 0 saturated carbocycles. The van der Waals surface area contributed by atoms with Gasteiger partial charge in [0.2, 0.25) is 6.79 Å². The van der Waals surface area contributed by atoms with E-state index in [1.165, 1.54) is 4.90 Å². The summed E-state index contributed by atoms with van der Waals surface area (Å²) in [6.45, 7) is 6.37. The number of fused-ring (bicyclic) bond motifs is 1.